The van der Waals surface area contributed by atoms with E-state index in [9.17, 15) is 24.0 Å². The number of imidazole rings is 4. The van der Waals surface area contributed by atoms with Crippen molar-refractivity contribution in [3.63, 3.8) is 0 Å². The van der Waals surface area contributed by atoms with E-state index in [-0.39, 0.29) is 52.6 Å². The minimum absolute atomic E-state index is 0.0468. The van der Waals surface area contributed by atoms with Crippen LogP contribution in [0.15, 0.2) is 67.7 Å². The molecule has 0 saturated heterocycles. The number of H-pyrrole nitrogens is 4. The number of hydrogen-bond acceptors (Lipinski definition) is 12. The summed E-state index contributed by atoms with van der Waals surface area (Å²) in [5.74, 6) is 0.879. The van der Waals surface area contributed by atoms with E-state index in [1.54, 1.807) is 43.6 Å². The molecular weight excluding hydrogens is 907 g/mol. The molecule has 0 aliphatic rings. The Morgan fingerprint density at radius 2 is 0.845 bits per heavy atom. The number of pyridine rings is 4. The minimum atomic E-state index is -0.508. The van der Waals surface area contributed by atoms with Gasteiger partial charge in [0.25, 0.3) is 0 Å². The van der Waals surface area contributed by atoms with E-state index in [0.29, 0.717) is 22.7 Å². The standard InChI is InChI=1S/C13H20N4O.C13H17N3O3.C13H19N3O.C12H17N3O2/c1-5-9(6-2)17-12-10(14-13(17)18)7-8-11(15-12)16(3)4;1-4-8(5-2)16-11-9(15-13(16)18)6-7-10(14-11)12(17)19-3;1-4-9-7-8-11-12(14-9)16(13(17)15-11)10(5-2)6-3;1-4-8(5-2)15-11-9(13-12(15)16)6-7-10(14-11)17-3/h7-9H,5-6H2,1-4H3,(H,14,18);6-8H,4-5H2,1-3H3,(H,15,18);7-8,10H,4-6H2,1-3H3,(H,15,17);6-8H,4-5H2,1-3H3,(H,13,16). The van der Waals surface area contributed by atoms with E-state index in [0.717, 1.165) is 97.1 Å². The Labute approximate surface area is 412 Å². The summed E-state index contributed by atoms with van der Waals surface area (Å²) >= 11 is 0. The van der Waals surface area contributed by atoms with E-state index >= 15 is 0 Å². The maximum atomic E-state index is 12.0. The lowest BCUT2D eigenvalue weighted by Gasteiger charge is -2.15. The Balaban J connectivity index is 0.000000176. The number of fused-ring (bicyclic) bond motifs is 4. The van der Waals surface area contributed by atoms with Gasteiger partial charge in [0.1, 0.15) is 5.82 Å². The molecule has 0 amide bonds. The van der Waals surface area contributed by atoms with Gasteiger partial charge >= 0.3 is 28.7 Å². The Kier molecular flexibility index (Phi) is 19.3. The van der Waals surface area contributed by atoms with Crippen LogP contribution in [-0.2, 0) is 11.2 Å². The van der Waals surface area contributed by atoms with E-state index in [4.69, 9.17) is 4.74 Å². The van der Waals surface area contributed by atoms with Gasteiger partial charge in [0.15, 0.2) is 28.3 Å². The number of aryl methyl sites for hydroxylation is 1. The van der Waals surface area contributed by atoms with E-state index in [1.807, 2.05) is 63.2 Å². The lowest BCUT2D eigenvalue weighted by Crippen LogP contribution is -2.22. The monoisotopic (exact) mass is 980 g/mol. The summed E-state index contributed by atoms with van der Waals surface area (Å²) < 4.78 is 16.7. The summed E-state index contributed by atoms with van der Waals surface area (Å²) in [7, 11) is 6.76. The summed E-state index contributed by atoms with van der Waals surface area (Å²) in [5, 5.41) is 0. The summed E-state index contributed by atoms with van der Waals surface area (Å²) in [4.78, 5) is 90.4. The van der Waals surface area contributed by atoms with Crippen molar-refractivity contribution in [3.05, 3.63) is 102 Å². The number of methoxy groups -OCH3 is 2. The first-order valence-corrected chi connectivity index (χ1v) is 24.9. The van der Waals surface area contributed by atoms with Crippen molar-refractivity contribution in [2.75, 3.05) is 33.2 Å². The second-order valence-corrected chi connectivity index (χ2v) is 17.3. The van der Waals surface area contributed by atoms with Crippen molar-refractivity contribution in [3.8, 4) is 5.88 Å². The molecule has 20 heteroatoms. The summed E-state index contributed by atoms with van der Waals surface area (Å²) in [6, 6.07) is 15.2. The molecule has 8 aromatic heterocycles. The van der Waals surface area contributed by atoms with Gasteiger partial charge < -0.3 is 34.3 Å². The van der Waals surface area contributed by atoms with Crippen LogP contribution < -0.4 is 32.4 Å². The second kappa shape index (κ2) is 25.0. The van der Waals surface area contributed by atoms with Crippen molar-refractivity contribution < 1.29 is 14.3 Å². The van der Waals surface area contributed by atoms with Crippen LogP contribution >= 0.6 is 0 Å². The van der Waals surface area contributed by atoms with Crippen LogP contribution in [0.4, 0.5) is 5.82 Å². The van der Waals surface area contributed by atoms with Crippen molar-refractivity contribution in [2.45, 2.75) is 144 Å². The third kappa shape index (κ3) is 12.0. The number of hydrogen-bond donors (Lipinski definition) is 4. The highest BCUT2D eigenvalue weighted by Gasteiger charge is 2.20. The van der Waals surface area contributed by atoms with Gasteiger partial charge in [-0.2, -0.15) is 4.98 Å². The van der Waals surface area contributed by atoms with Gasteiger partial charge in [-0.1, -0.05) is 62.3 Å². The fourth-order valence-electron chi connectivity index (χ4n) is 8.76. The van der Waals surface area contributed by atoms with Gasteiger partial charge in [-0.3, -0.25) is 18.3 Å². The molecule has 8 rings (SSSR count). The van der Waals surface area contributed by atoms with Crippen molar-refractivity contribution in [1.82, 2.24) is 58.1 Å². The van der Waals surface area contributed by atoms with E-state index in [1.165, 1.54) is 7.11 Å². The highest BCUT2D eigenvalue weighted by Crippen LogP contribution is 2.24. The zero-order valence-corrected chi connectivity index (χ0v) is 43.7. The molecule has 0 aromatic carbocycles. The molecule has 0 aliphatic heterocycles. The van der Waals surface area contributed by atoms with Crippen LogP contribution in [0.25, 0.3) is 44.7 Å². The molecule has 0 saturated carbocycles. The molecule has 0 aliphatic carbocycles. The fraction of sp³-hybridized carbons (Fsp3) is 0.510. The minimum Gasteiger partial charge on any atom is -0.481 e. The third-order valence-corrected chi connectivity index (χ3v) is 12.9. The van der Waals surface area contributed by atoms with Crippen molar-refractivity contribution in [2.24, 2.45) is 0 Å². The quantitative estimate of drug-likeness (QED) is 0.0664. The van der Waals surface area contributed by atoms with Gasteiger partial charge in [-0.05, 0) is 100 Å². The van der Waals surface area contributed by atoms with Crippen LogP contribution in [0.3, 0.4) is 0 Å². The molecule has 8 heterocycles. The Bertz CT molecular complexity index is 3140. The number of carbonyl (C=O) groups excluding carboxylic acids is 1. The number of ether oxygens (including phenoxy) is 2. The average molecular weight is 980 g/mol. The maximum absolute atomic E-state index is 12.0. The molecule has 0 bridgehead atoms. The largest absolute Gasteiger partial charge is 0.481 e. The van der Waals surface area contributed by atoms with Crippen LogP contribution in [0.1, 0.15) is 154 Å². The molecule has 71 heavy (non-hydrogen) atoms. The first-order valence-electron chi connectivity index (χ1n) is 24.9. The third-order valence-electron chi connectivity index (χ3n) is 12.9. The van der Waals surface area contributed by atoms with Crippen LogP contribution in [0.2, 0.25) is 0 Å². The Hall–Kier alpha value is -7.25. The number of rotatable bonds is 16. The highest BCUT2D eigenvalue weighted by molar-refractivity contribution is 5.89. The molecule has 4 N–H and O–H groups in total. The zero-order chi connectivity index (χ0) is 52.1. The first kappa shape index (κ1) is 54.7. The first-order chi connectivity index (χ1) is 34.1. The maximum Gasteiger partial charge on any atom is 0.356 e. The van der Waals surface area contributed by atoms with Crippen LogP contribution in [0.5, 0.6) is 5.88 Å². The lowest BCUT2D eigenvalue weighted by atomic mass is 10.2. The Morgan fingerprint density at radius 3 is 1.21 bits per heavy atom. The number of nitrogens with one attached hydrogen (secondary N) is 4. The molecular formula is C51H73N13O7. The number of aromatic amines is 4. The zero-order valence-electron chi connectivity index (χ0n) is 43.7. The fourth-order valence-corrected chi connectivity index (χ4v) is 8.76. The molecule has 0 radical (unpaired) electrons. The predicted molar refractivity (Wildman–Crippen MR) is 281 cm³/mol. The molecule has 0 atom stereocenters. The molecule has 0 unspecified atom stereocenters. The Morgan fingerprint density at radius 1 is 0.493 bits per heavy atom. The smallest absolute Gasteiger partial charge is 0.356 e. The van der Waals surface area contributed by atoms with Crippen molar-refractivity contribution >= 4 is 56.4 Å². The number of anilines is 1. The van der Waals surface area contributed by atoms with E-state index < -0.39 is 5.97 Å². The van der Waals surface area contributed by atoms with Crippen LogP contribution in [0, 0.1) is 0 Å². The molecule has 384 valence electrons. The highest BCUT2D eigenvalue weighted by atomic mass is 16.5. The summed E-state index contributed by atoms with van der Waals surface area (Å²) in [5.41, 5.74) is 6.55. The molecule has 20 nitrogen and oxygen atoms in total. The predicted octanol–water partition coefficient (Wildman–Crippen LogP) is 8.77. The number of nitrogens with zero attached hydrogens (tertiary/aromatic N) is 9. The summed E-state index contributed by atoms with van der Waals surface area (Å²) in [6.45, 7) is 18.6. The van der Waals surface area contributed by atoms with E-state index in [2.05, 4.69) is 93.1 Å². The number of esters is 1. The second-order valence-electron chi connectivity index (χ2n) is 17.3. The van der Waals surface area contributed by atoms with Crippen LogP contribution in [-0.4, -0.2) is 92.4 Å². The summed E-state index contributed by atoms with van der Waals surface area (Å²) in [6.07, 6.45) is 8.10. The topological polar surface area (TPSA) is 241 Å². The normalized spacial score (nSPS) is 11.3. The average Bonchev–Trinajstić information content (AvgIpc) is 4.11. The van der Waals surface area contributed by atoms with Gasteiger partial charge in [-0.15, -0.1) is 0 Å². The lowest BCUT2D eigenvalue weighted by molar-refractivity contribution is 0.0594. The molecule has 0 spiro atoms. The number of carbonyl (C=O) groups is 1. The van der Waals surface area contributed by atoms with Gasteiger partial charge in [-0.25, -0.2) is 38.9 Å². The van der Waals surface area contributed by atoms with Crippen molar-refractivity contribution in [1.29, 1.82) is 0 Å². The van der Waals surface area contributed by atoms with Gasteiger partial charge in [0, 0.05) is 50.0 Å². The SMILES string of the molecule is CCC(CC)n1c(=O)[nH]c2ccc(C(=O)OC)nc21.CCC(CC)n1c(=O)[nH]c2ccc(N(C)C)nc21.CCC(CC)n1c(=O)[nH]c2ccc(OC)nc21.CCc1ccc2[nH]c(=O)n(C(CC)CC)c2n1. The number of aromatic nitrogens is 12. The molecule has 8 aromatic rings. The molecule has 0 fully saturated rings. The van der Waals surface area contributed by atoms with Gasteiger partial charge in [0.05, 0.1) is 36.3 Å². The van der Waals surface area contributed by atoms with Gasteiger partial charge in [0.2, 0.25) is 5.88 Å².